The van der Waals surface area contributed by atoms with Gasteiger partial charge in [-0.25, -0.2) is 9.78 Å². The number of carboxylic acid groups (broad SMARTS) is 1. The first kappa shape index (κ1) is 15.4. The molecule has 0 saturated heterocycles. The number of para-hydroxylation sites is 1. The molecule has 0 spiro atoms. The van der Waals surface area contributed by atoms with Crippen LogP contribution in [0.5, 0.6) is 17.4 Å². The molecule has 0 aliphatic heterocycles. The minimum absolute atomic E-state index is 0.0134. The zero-order valence-corrected chi connectivity index (χ0v) is 12.4. The maximum absolute atomic E-state index is 10.8. The van der Waals surface area contributed by atoms with Gasteiger partial charge in [-0.05, 0) is 19.1 Å². The van der Waals surface area contributed by atoms with Crippen molar-refractivity contribution in [3.63, 3.8) is 0 Å². The summed E-state index contributed by atoms with van der Waals surface area (Å²) >= 11 is 12.1. The number of nitrogens with zero attached hydrogens (tertiary/aromatic N) is 1. The summed E-state index contributed by atoms with van der Waals surface area (Å²) in [6.07, 6.45) is 0.191. The molecule has 1 N–H and O–H groups in total. The molecule has 0 saturated carbocycles. The average Bonchev–Trinajstić information content (AvgIpc) is 2.47. The van der Waals surface area contributed by atoms with Gasteiger partial charge in [-0.15, -0.1) is 0 Å². The minimum Gasteiger partial charge on any atom is -0.479 e. The van der Waals surface area contributed by atoms with E-state index in [-0.39, 0.29) is 21.7 Å². The molecule has 0 amide bonds. The van der Waals surface area contributed by atoms with Crippen molar-refractivity contribution in [1.82, 2.24) is 4.98 Å². The highest BCUT2D eigenvalue weighted by Gasteiger charge is 2.20. The number of halogens is 2. The topological polar surface area (TPSA) is 68.7 Å². The molecular formula is C14H11Cl2NO4. The molecular weight excluding hydrogens is 317 g/mol. The summed E-state index contributed by atoms with van der Waals surface area (Å²) in [7, 11) is 0. The summed E-state index contributed by atoms with van der Waals surface area (Å²) in [4.78, 5) is 14.7. The quantitative estimate of drug-likeness (QED) is 0.897. The van der Waals surface area contributed by atoms with Gasteiger partial charge in [0.05, 0.1) is 6.20 Å². The number of pyridine rings is 1. The van der Waals surface area contributed by atoms with Crippen LogP contribution in [0.1, 0.15) is 6.92 Å². The van der Waals surface area contributed by atoms with Crippen molar-refractivity contribution in [3.8, 4) is 17.4 Å². The molecule has 2 aromatic rings. The first-order valence-corrected chi connectivity index (χ1v) is 6.71. The third-order valence-electron chi connectivity index (χ3n) is 2.50. The predicted octanol–water partition coefficient (Wildman–Crippen LogP) is 4.03. The second kappa shape index (κ2) is 6.65. The van der Waals surface area contributed by atoms with Crippen molar-refractivity contribution in [2.45, 2.75) is 13.0 Å². The molecule has 0 fully saturated rings. The summed E-state index contributed by atoms with van der Waals surface area (Å²) in [5, 5.41) is 9.05. The molecule has 0 aliphatic carbocycles. The van der Waals surface area contributed by atoms with E-state index in [0.717, 1.165) is 0 Å². The van der Waals surface area contributed by atoms with E-state index in [0.29, 0.717) is 5.75 Å². The van der Waals surface area contributed by atoms with E-state index in [1.807, 2.05) is 6.07 Å². The van der Waals surface area contributed by atoms with Gasteiger partial charge in [0.25, 0.3) is 0 Å². The lowest BCUT2D eigenvalue weighted by Gasteiger charge is -2.14. The fourth-order valence-corrected chi connectivity index (χ4v) is 1.90. The van der Waals surface area contributed by atoms with Crippen molar-refractivity contribution in [1.29, 1.82) is 0 Å². The van der Waals surface area contributed by atoms with Crippen LogP contribution >= 0.6 is 23.2 Å². The lowest BCUT2D eigenvalue weighted by atomic mass is 10.3. The summed E-state index contributed by atoms with van der Waals surface area (Å²) in [5.41, 5.74) is 0. The standard InChI is InChI=1S/C14H11Cl2NO4/c1-8(14(18)19)20-13-11(16)12(10(15)7-17-13)21-9-5-3-2-4-6-9/h2-8H,1H3,(H,18,19). The largest absolute Gasteiger partial charge is 0.479 e. The highest BCUT2D eigenvalue weighted by molar-refractivity contribution is 6.37. The Morgan fingerprint density at radius 3 is 2.57 bits per heavy atom. The Labute approximate surface area is 131 Å². The van der Waals surface area contributed by atoms with E-state index in [1.54, 1.807) is 24.3 Å². The van der Waals surface area contributed by atoms with E-state index in [4.69, 9.17) is 37.8 Å². The highest BCUT2D eigenvalue weighted by atomic mass is 35.5. The van der Waals surface area contributed by atoms with Crippen LogP contribution in [-0.4, -0.2) is 22.2 Å². The number of hydrogen-bond acceptors (Lipinski definition) is 4. The summed E-state index contributed by atoms with van der Waals surface area (Å²) in [6, 6.07) is 8.89. The number of benzene rings is 1. The molecule has 2 rings (SSSR count). The molecule has 110 valence electrons. The summed E-state index contributed by atoms with van der Waals surface area (Å²) < 4.78 is 10.7. The minimum atomic E-state index is -1.13. The van der Waals surface area contributed by atoms with Crippen LogP contribution in [0.25, 0.3) is 0 Å². The normalized spacial score (nSPS) is 11.8. The van der Waals surface area contributed by atoms with Crippen LogP contribution in [-0.2, 0) is 4.79 Å². The molecule has 0 bridgehead atoms. The molecule has 1 heterocycles. The summed E-state index contributed by atoms with van der Waals surface area (Å²) in [5.74, 6) is -0.493. The first-order valence-electron chi connectivity index (χ1n) is 5.95. The van der Waals surface area contributed by atoms with Crippen LogP contribution < -0.4 is 9.47 Å². The van der Waals surface area contributed by atoms with Gasteiger partial charge in [0.15, 0.2) is 11.9 Å². The maximum atomic E-state index is 10.8. The second-order valence-corrected chi connectivity index (χ2v) is 4.85. The molecule has 5 nitrogen and oxygen atoms in total. The van der Waals surface area contributed by atoms with Gasteiger partial charge in [0.2, 0.25) is 5.88 Å². The number of aromatic nitrogens is 1. The maximum Gasteiger partial charge on any atom is 0.344 e. The number of carboxylic acids is 1. The van der Waals surface area contributed by atoms with Crippen LogP contribution in [0.4, 0.5) is 0 Å². The Morgan fingerprint density at radius 2 is 1.95 bits per heavy atom. The van der Waals surface area contributed by atoms with Crippen LogP contribution in [0.15, 0.2) is 36.5 Å². The van der Waals surface area contributed by atoms with Crippen LogP contribution in [0.2, 0.25) is 10.0 Å². The van der Waals surface area contributed by atoms with Crippen molar-refractivity contribution in [3.05, 3.63) is 46.6 Å². The Balaban J connectivity index is 2.31. The van der Waals surface area contributed by atoms with Gasteiger partial charge in [0, 0.05) is 0 Å². The first-order chi connectivity index (χ1) is 9.99. The van der Waals surface area contributed by atoms with Crippen molar-refractivity contribution < 1.29 is 19.4 Å². The highest BCUT2D eigenvalue weighted by Crippen LogP contribution is 2.40. The van der Waals surface area contributed by atoms with E-state index < -0.39 is 12.1 Å². The van der Waals surface area contributed by atoms with Gasteiger partial charge < -0.3 is 14.6 Å². The Hall–Kier alpha value is -1.98. The molecule has 0 radical (unpaired) electrons. The molecule has 7 heteroatoms. The number of hydrogen-bond donors (Lipinski definition) is 1. The van der Waals surface area contributed by atoms with E-state index in [9.17, 15) is 4.79 Å². The second-order valence-electron chi connectivity index (χ2n) is 4.07. The Kier molecular flexibility index (Phi) is 4.88. The molecule has 0 aliphatic rings. The van der Waals surface area contributed by atoms with Crippen molar-refractivity contribution >= 4 is 29.2 Å². The molecule has 1 aromatic heterocycles. The molecule has 1 atom stereocenters. The predicted molar refractivity (Wildman–Crippen MR) is 78.5 cm³/mol. The van der Waals surface area contributed by atoms with Crippen LogP contribution in [0, 0.1) is 0 Å². The van der Waals surface area contributed by atoms with Gasteiger partial charge in [0.1, 0.15) is 15.8 Å². The van der Waals surface area contributed by atoms with Gasteiger partial charge in [-0.1, -0.05) is 41.4 Å². The number of ether oxygens (including phenoxy) is 2. The van der Waals surface area contributed by atoms with E-state index >= 15 is 0 Å². The van der Waals surface area contributed by atoms with E-state index in [1.165, 1.54) is 13.1 Å². The van der Waals surface area contributed by atoms with E-state index in [2.05, 4.69) is 4.98 Å². The Morgan fingerprint density at radius 1 is 1.29 bits per heavy atom. The number of carbonyl (C=O) groups is 1. The molecule has 1 unspecified atom stereocenters. The van der Waals surface area contributed by atoms with Crippen molar-refractivity contribution in [2.24, 2.45) is 0 Å². The lowest BCUT2D eigenvalue weighted by Crippen LogP contribution is -2.23. The number of rotatable bonds is 5. The van der Waals surface area contributed by atoms with Gasteiger partial charge in [-0.2, -0.15) is 0 Å². The third-order valence-corrected chi connectivity index (χ3v) is 3.10. The molecule has 21 heavy (non-hydrogen) atoms. The Bertz CT molecular complexity index is 649. The van der Waals surface area contributed by atoms with Crippen LogP contribution in [0.3, 0.4) is 0 Å². The summed E-state index contributed by atoms with van der Waals surface area (Å²) in [6.45, 7) is 1.37. The lowest BCUT2D eigenvalue weighted by molar-refractivity contribution is -0.144. The zero-order valence-electron chi connectivity index (χ0n) is 10.9. The number of aliphatic carboxylic acids is 1. The fraction of sp³-hybridized carbons (Fsp3) is 0.143. The third kappa shape index (κ3) is 3.77. The fourth-order valence-electron chi connectivity index (χ4n) is 1.43. The molecule has 1 aromatic carbocycles. The zero-order chi connectivity index (χ0) is 15.4. The smallest absolute Gasteiger partial charge is 0.344 e. The van der Waals surface area contributed by atoms with Gasteiger partial charge in [-0.3, -0.25) is 0 Å². The van der Waals surface area contributed by atoms with Gasteiger partial charge >= 0.3 is 5.97 Å². The average molecular weight is 328 g/mol. The monoisotopic (exact) mass is 327 g/mol. The SMILES string of the molecule is CC(Oc1ncc(Cl)c(Oc2ccccc2)c1Cl)C(=O)O. The van der Waals surface area contributed by atoms with Crippen molar-refractivity contribution in [2.75, 3.05) is 0 Å².